The summed E-state index contributed by atoms with van der Waals surface area (Å²) in [6, 6.07) is 14.8. The SMILES string of the molecule is Cc1cccc2oc3cc(NCCN4CCCC(C)C4)c4c(=O)c5ccccc5c(=O)c4c3[nH]c12. The predicted octanol–water partition coefficient (Wildman–Crippen LogP) is 5.39. The minimum absolute atomic E-state index is 0.135. The number of anilines is 1. The van der Waals surface area contributed by atoms with Gasteiger partial charge in [-0.2, -0.15) is 0 Å². The summed E-state index contributed by atoms with van der Waals surface area (Å²) in [4.78, 5) is 33.3. The zero-order chi connectivity index (χ0) is 24.1. The minimum atomic E-state index is -0.159. The fraction of sp³-hybridized carbons (Fsp3) is 0.310. The second-order valence-electron chi connectivity index (χ2n) is 9.90. The van der Waals surface area contributed by atoms with Gasteiger partial charge in [-0.1, -0.05) is 43.3 Å². The van der Waals surface area contributed by atoms with Gasteiger partial charge >= 0.3 is 0 Å². The van der Waals surface area contributed by atoms with Crippen molar-refractivity contribution in [3.63, 3.8) is 0 Å². The molecule has 6 nitrogen and oxygen atoms in total. The fourth-order valence-corrected chi connectivity index (χ4v) is 5.58. The summed E-state index contributed by atoms with van der Waals surface area (Å²) in [7, 11) is 0. The van der Waals surface area contributed by atoms with Crippen LogP contribution in [0.4, 0.5) is 5.69 Å². The van der Waals surface area contributed by atoms with E-state index in [9.17, 15) is 9.59 Å². The number of nitrogens with zero attached hydrogens (tertiary/aromatic N) is 1. The van der Waals surface area contributed by atoms with Gasteiger partial charge in [0.15, 0.2) is 22.0 Å². The number of aryl methyl sites for hydroxylation is 1. The van der Waals surface area contributed by atoms with E-state index >= 15 is 0 Å². The lowest BCUT2D eigenvalue weighted by molar-refractivity contribution is 0.190. The average molecular weight is 468 g/mol. The second-order valence-corrected chi connectivity index (χ2v) is 9.90. The number of likely N-dealkylation sites (tertiary alicyclic amines) is 1. The van der Waals surface area contributed by atoms with E-state index in [2.05, 4.69) is 22.1 Å². The normalized spacial score (nSPS) is 17.0. The van der Waals surface area contributed by atoms with Crippen LogP contribution < -0.4 is 16.2 Å². The molecule has 6 rings (SSSR count). The van der Waals surface area contributed by atoms with Gasteiger partial charge in [0.25, 0.3) is 0 Å². The molecule has 1 unspecified atom stereocenters. The zero-order valence-corrected chi connectivity index (χ0v) is 20.1. The molecule has 0 spiro atoms. The molecule has 35 heavy (non-hydrogen) atoms. The van der Waals surface area contributed by atoms with E-state index in [0.717, 1.165) is 30.7 Å². The highest BCUT2D eigenvalue weighted by Gasteiger charge is 2.20. The minimum Gasteiger partial charge on any atom is -0.453 e. The molecule has 4 aromatic carbocycles. The van der Waals surface area contributed by atoms with Gasteiger partial charge in [0.2, 0.25) is 0 Å². The smallest absolute Gasteiger partial charge is 0.196 e. The maximum Gasteiger partial charge on any atom is 0.196 e. The van der Waals surface area contributed by atoms with Gasteiger partial charge in [-0.25, -0.2) is 0 Å². The van der Waals surface area contributed by atoms with Gasteiger partial charge < -0.3 is 19.6 Å². The molecule has 1 fully saturated rings. The molecule has 1 aromatic heterocycles. The van der Waals surface area contributed by atoms with E-state index in [-0.39, 0.29) is 10.9 Å². The third-order valence-electron chi connectivity index (χ3n) is 7.35. The number of rotatable bonds is 4. The van der Waals surface area contributed by atoms with Crippen LogP contribution in [0.1, 0.15) is 25.3 Å². The zero-order valence-electron chi connectivity index (χ0n) is 20.1. The van der Waals surface area contributed by atoms with Gasteiger partial charge in [-0.05, 0) is 43.9 Å². The van der Waals surface area contributed by atoms with Crippen molar-refractivity contribution < 1.29 is 4.42 Å². The van der Waals surface area contributed by atoms with E-state index in [1.54, 1.807) is 24.3 Å². The van der Waals surface area contributed by atoms with Crippen LogP contribution in [-0.2, 0) is 0 Å². The molecule has 2 heterocycles. The Morgan fingerprint density at radius 3 is 2.54 bits per heavy atom. The molecule has 0 radical (unpaired) electrons. The Balaban J connectivity index is 1.57. The van der Waals surface area contributed by atoms with Crippen LogP contribution in [0, 0.1) is 12.8 Å². The van der Waals surface area contributed by atoms with Gasteiger partial charge in [0.1, 0.15) is 0 Å². The van der Waals surface area contributed by atoms with Crippen molar-refractivity contribution in [3.05, 3.63) is 74.5 Å². The first kappa shape index (κ1) is 21.9. The first-order valence-electron chi connectivity index (χ1n) is 12.4. The van der Waals surface area contributed by atoms with E-state index in [4.69, 9.17) is 4.42 Å². The molecule has 6 heteroatoms. The molecule has 1 saturated heterocycles. The molecule has 0 saturated carbocycles. The van der Waals surface area contributed by atoms with E-state index in [1.807, 2.05) is 31.2 Å². The summed E-state index contributed by atoms with van der Waals surface area (Å²) in [6.07, 6.45) is 2.50. The van der Waals surface area contributed by atoms with Crippen molar-refractivity contribution in [1.29, 1.82) is 0 Å². The lowest BCUT2D eigenvalue weighted by atomic mass is 9.99. The Morgan fingerprint density at radius 1 is 1.00 bits per heavy atom. The molecule has 0 aliphatic carbocycles. The highest BCUT2D eigenvalue weighted by molar-refractivity contribution is 6.14. The van der Waals surface area contributed by atoms with Gasteiger partial charge in [0, 0.05) is 36.5 Å². The molecular formula is C29H29N3O3. The van der Waals surface area contributed by atoms with Crippen LogP contribution in [0.25, 0.3) is 43.7 Å². The van der Waals surface area contributed by atoms with Crippen molar-refractivity contribution in [1.82, 2.24) is 9.88 Å². The Hall–Kier alpha value is -3.64. The van der Waals surface area contributed by atoms with Crippen LogP contribution in [0.2, 0.25) is 0 Å². The van der Waals surface area contributed by atoms with Gasteiger partial charge in [0.05, 0.1) is 27.5 Å². The fourth-order valence-electron chi connectivity index (χ4n) is 5.58. The first-order valence-corrected chi connectivity index (χ1v) is 12.4. The second kappa shape index (κ2) is 8.54. The molecule has 1 aliphatic heterocycles. The number of aromatic amines is 1. The van der Waals surface area contributed by atoms with Gasteiger partial charge in [-0.15, -0.1) is 0 Å². The monoisotopic (exact) mass is 467 g/mol. The first-order chi connectivity index (χ1) is 17.0. The predicted molar refractivity (Wildman–Crippen MR) is 144 cm³/mol. The summed E-state index contributed by atoms with van der Waals surface area (Å²) in [5.41, 5.74) is 4.01. The Bertz CT molecular complexity index is 1720. The number of hydrogen-bond donors (Lipinski definition) is 2. The number of hydrogen-bond acceptors (Lipinski definition) is 5. The Kier molecular flexibility index (Phi) is 5.33. The highest BCUT2D eigenvalue weighted by Crippen LogP contribution is 2.31. The number of piperidine rings is 1. The lowest BCUT2D eigenvalue weighted by Gasteiger charge is -2.30. The van der Waals surface area contributed by atoms with Crippen LogP contribution in [0.15, 0.2) is 62.5 Å². The lowest BCUT2D eigenvalue weighted by Crippen LogP contribution is -2.37. The topological polar surface area (TPSA) is 78.3 Å². The summed E-state index contributed by atoms with van der Waals surface area (Å²) < 4.78 is 6.27. The molecule has 2 N–H and O–H groups in total. The van der Waals surface area contributed by atoms with Crippen molar-refractivity contribution in [2.24, 2.45) is 5.92 Å². The van der Waals surface area contributed by atoms with E-state index < -0.39 is 0 Å². The Labute approximate surface area is 202 Å². The van der Waals surface area contributed by atoms with Crippen molar-refractivity contribution in [2.75, 3.05) is 31.5 Å². The number of para-hydroxylation sites is 1. The number of H-pyrrole nitrogens is 1. The molecule has 1 aliphatic rings. The number of fused-ring (bicyclic) bond motifs is 5. The van der Waals surface area contributed by atoms with Crippen molar-refractivity contribution in [2.45, 2.75) is 26.7 Å². The molecule has 0 amide bonds. The molecule has 1 atom stereocenters. The average Bonchev–Trinajstić information content (AvgIpc) is 2.86. The number of benzene rings is 4. The third kappa shape index (κ3) is 3.69. The van der Waals surface area contributed by atoms with Crippen LogP contribution in [0.5, 0.6) is 0 Å². The standard InChI is InChI=1S/C29H29N3O3/c1-17-7-6-13-32(16-17)14-12-30-21-15-23-27(31-26-18(2)8-5-11-22(26)35-23)25-24(21)28(33)19-9-3-4-10-20(19)29(25)34/h3-5,8-11,15,17,30-31H,6-7,12-14,16H2,1-2H3. The van der Waals surface area contributed by atoms with Crippen LogP contribution in [-0.4, -0.2) is 36.1 Å². The van der Waals surface area contributed by atoms with Gasteiger partial charge in [-0.3, -0.25) is 9.59 Å². The highest BCUT2D eigenvalue weighted by atomic mass is 16.3. The molecule has 5 aromatic rings. The Morgan fingerprint density at radius 2 is 1.77 bits per heavy atom. The molecular weight excluding hydrogens is 438 g/mol. The number of aromatic nitrogens is 1. The maximum absolute atomic E-state index is 13.7. The molecule has 0 bridgehead atoms. The third-order valence-corrected chi connectivity index (χ3v) is 7.35. The van der Waals surface area contributed by atoms with E-state index in [1.165, 1.54) is 12.8 Å². The van der Waals surface area contributed by atoms with Crippen molar-refractivity contribution in [3.8, 4) is 0 Å². The van der Waals surface area contributed by atoms with Crippen molar-refractivity contribution >= 4 is 49.4 Å². The summed E-state index contributed by atoms with van der Waals surface area (Å²) in [6.45, 7) is 8.05. The quantitative estimate of drug-likeness (QED) is 0.274. The maximum atomic E-state index is 13.7. The summed E-state index contributed by atoms with van der Waals surface area (Å²) in [5, 5.41) is 5.17. The summed E-state index contributed by atoms with van der Waals surface area (Å²) in [5.74, 6) is 0.707. The van der Waals surface area contributed by atoms with E-state index in [0.29, 0.717) is 56.4 Å². The summed E-state index contributed by atoms with van der Waals surface area (Å²) >= 11 is 0. The molecule has 178 valence electrons. The number of nitrogens with one attached hydrogen (secondary N) is 2. The van der Waals surface area contributed by atoms with Crippen LogP contribution >= 0.6 is 0 Å². The largest absolute Gasteiger partial charge is 0.453 e. The van der Waals surface area contributed by atoms with Crippen LogP contribution in [0.3, 0.4) is 0 Å².